The second kappa shape index (κ2) is 10.5. The topological polar surface area (TPSA) is 127 Å². The molecule has 0 bridgehead atoms. The highest BCUT2D eigenvalue weighted by atomic mass is 32.2. The molecule has 2 N–H and O–H groups in total. The Hall–Kier alpha value is -3.34. The molecule has 0 aliphatic rings. The van der Waals surface area contributed by atoms with E-state index >= 15 is 0 Å². The van der Waals surface area contributed by atoms with Crippen molar-refractivity contribution in [2.24, 2.45) is 20.0 Å². The summed E-state index contributed by atoms with van der Waals surface area (Å²) >= 11 is 1.17. The minimum absolute atomic E-state index is 0.0724. The van der Waals surface area contributed by atoms with Crippen LogP contribution in [-0.4, -0.2) is 35.4 Å². The molecule has 33 heavy (non-hydrogen) atoms. The molecule has 176 valence electrons. The molecular formula is C22H28N6O4S. The number of aromatic nitrogens is 5. The lowest BCUT2D eigenvalue weighted by molar-refractivity contribution is 0.102. The number of rotatable bonds is 10. The smallest absolute Gasteiger partial charge is 0.332 e. The van der Waals surface area contributed by atoms with E-state index in [1.165, 1.54) is 25.9 Å². The Bertz CT molecular complexity index is 1250. The summed E-state index contributed by atoms with van der Waals surface area (Å²) in [6, 6.07) is 9.42. The van der Waals surface area contributed by atoms with Gasteiger partial charge in [0.05, 0.1) is 5.75 Å². The van der Waals surface area contributed by atoms with Crippen LogP contribution in [0, 0.1) is 5.92 Å². The third-order valence-electron chi connectivity index (χ3n) is 5.16. The van der Waals surface area contributed by atoms with E-state index in [2.05, 4.69) is 24.0 Å². The Morgan fingerprint density at radius 3 is 2.48 bits per heavy atom. The third-order valence-corrected chi connectivity index (χ3v) is 6.12. The Balaban J connectivity index is 1.80. The number of thioether (sulfide) groups is 1. The maximum atomic E-state index is 12.9. The molecule has 0 spiro atoms. The van der Waals surface area contributed by atoms with Crippen LogP contribution in [0.25, 0.3) is 0 Å². The number of nitrogens with two attached hydrogens (primary N) is 1. The highest BCUT2D eigenvalue weighted by Gasteiger charge is 2.22. The summed E-state index contributed by atoms with van der Waals surface area (Å²) in [5.74, 6) is 1.13. The molecule has 0 radical (unpaired) electrons. The summed E-state index contributed by atoms with van der Waals surface area (Å²) in [6.45, 7) is 5.15. The standard InChI is InChI=1S/C22H28N6O4S/c1-14(2)10-11-28-17(12-32-15-8-6-5-7-9-15)24-25-21(28)33-13-16(29)18-19(23)26(3)22(31)27(4)20(18)30/h5-9,14H,10-13,23H2,1-4H3. The number of carbonyl (C=O) groups is 1. The SMILES string of the molecule is CC(C)CCn1c(COc2ccccc2)nnc1SCC(=O)c1c(N)n(C)c(=O)n(C)c1=O. The van der Waals surface area contributed by atoms with Crippen molar-refractivity contribution in [3.63, 3.8) is 0 Å². The summed E-state index contributed by atoms with van der Waals surface area (Å²) in [4.78, 5) is 37.3. The van der Waals surface area contributed by atoms with Gasteiger partial charge in [-0.2, -0.15) is 0 Å². The molecule has 0 amide bonds. The molecule has 0 saturated heterocycles. The van der Waals surface area contributed by atoms with Gasteiger partial charge in [0.1, 0.15) is 23.7 Å². The van der Waals surface area contributed by atoms with Crippen LogP contribution in [0.4, 0.5) is 5.82 Å². The Labute approximate surface area is 195 Å². The van der Waals surface area contributed by atoms with Crippen molar-refractivity contribution in [2.45, 2.75) is 38.6 Å². The number of para-hydroxylation sites is 1. The van der Waals surface area contributed by atoms with Crippen molar-refractivity contribution in [1.29, 1.82) is 0 Å². The fraction of sp³-hybridized carbons (Fsp3) is 0.409. The van der Waals surface area contributed by atoms with Gasteiger partial charge in [0, 0.05) is 20.6 Å². The van der Waals surface area contributed by atoms with E-state index in [4.69, 9.17) is 10.5 Å². The second-order valence-electron chi connectivity index (χ2n) is 8.01. The summed E-state index contributed by atoms with van der Waals surface area (Å²) in [5.41, 5.74) is 4.41. The molecule has 0 aliphatic carbocycles. The first kappa shape index (κ1) is 24.3. The van der Waals surface area contributed by atoms with Gasteiger partial charge in [-0.3, -0.25) is 18.7 Å². The van der Waals surface area contributed by atoms with Crippen LogP contribution >= 0.6 is 11.8 Å². The number of anilines is 1. The molecule has 2 heterocycles. The highest BCUT2D eigenvalue weighted by Crippen LogP contribution is 2.21. The quantitative estimate of drug-likeness (QED) is 0.350. The van der Waals surface area contributed by atoms with Gasteiger partial charge >= 0.3 is 5.69 Å². The number of hydrogen-bond acceptors (Lipinski definition) is 8. The fourth-order valence-corrected chi connectivity index (χ4v) is 3.99. The normalized spacial score (nSPS) is 11.2. The van der Waals surface area contributed by atoms with Crippen LogP contribution in [0.2, 0.25) is 0 Å². The number of carbonyl (C=O) groups excluding carboxylic acids is 1. The zero-order valence-corrected chi connectivity index (χ0v) is 20.0. The van der Waals surface area contributed by atoms with Crippen molar-refractivity contribution >= 4 is 23.4 Å². The van der Waals surface area contributed by atoms with Crippen LogP contribution < -0.4 is 21.7 Å². The summed E-state index contributed by atoms with van der Waals surface area (Å²) in [5, 5.41) is 9.05. The Morgan fingerprint density at radius 1 is 1.12 bits per heavy atom. The van der Waals surface area contributed by atoms with E-state index in [1.54, 1.807) is 0 Å². The molecule has 0 saturated carbocycles. The van der Waals surface area contributed by atoms with Crippen LogP contribution in [0.5, 0.6) is 5.75 Å². The molecule has 0 fully saturated rings. The summed E-state index contributed by atoms with van der Waals surface area (Å²) in [7, 11) is 2.73. The zero-order chi connectivity index (χ0) is 24.1. The van der Waals surface area contributed by atoms with Gasteiger partial charge in [-0.25, -0.2) is 4.79 Å². The molecule has 1 aromatic carbocycles. The predicted octanol–water partition coefficient (Wildman–Crippen LogP) is 1.86. The second-order valence-corrected chi connectivity index (χ2v) is 8.96. The largest absolute Gasteiger partial charge is 0.486 e. The lowest BCUT2D eigenvalue weighted by Crippen LogP contribution is -2.41. The molecule has 3 rings (SSSR count). The number of hydrogen-bond donors (Lipinski definition) is 1. The van der Waals surface area contributed by atoms with Gasteiger partial charge in [0.15, 0.2) is 16.8 Å². The van der Waals surface area contributed by atoms with E-state index in [9.17, 15) is 14.4 Å². The van der Waals surface area contributed by atoms with Crippen LogP contribution in [0.3, 0.4) is 0 Å². The average molecular weight is 473 g/mol. The molecule has 0 unspecified atom stereocenters. The van der Waals surface area contributed by atoms with Crippen LogP contribution in [-0.2, 0) is 27.2 Å². The van der Waals surface area contributed by atoms with E-state index in [0.717, 1.165) is 21.3 Å². The lowest BCUT2D eigenvalue weighted by Gasteiger charge is -2.13. The zero-order valence-electron chi connectivity index (χ0n) is 19.1. The van der Waals surface area contributed by atoms with Crippen LogP contribution in [0.1, 0.15) is 36.5 Å². The van der Waals surface area contributed by atoms with Gasteiger partial charge < -0.3 is 15.0 Å². The Morgan fingerprint density at radius 2 is 1.82 bits per heavy atom. The van der Waals surface area contributed by atoms with Crippen molar-refractivity contribution in [3.05, 3.63) is 62.6 Å². The molecule has 0 atom stereocenters. The van der Waals surface area contributed by atoms with E-state index in [-0.39, 0.29) is 23.7 Å². The molecule has 0 aliphatic heterocycles. The summed E-state index contributed by atoms with van der Waals surface area (Å²) < 4.78 is 9.72. The maximum Gasteiger partial charge on any atom is 0.332 e. The van der Waals surface area contributed by atoms with Crippen molar-refractivity contribution in [3.8, 4) is 5.75 Å². The number of Topliss-reactive ketones (excluding diaryl/α,β-unsaturated/α-hetero) is 1. The van der Waals surface area contributed by atoms with E-state index < -0.39 is 17.0 Å². The molecule has 3 aromatic rings. The lowest BCUT2D eigenvalue weighted by atomic mass is 10.1. The van der Waals surface area contributed by atoms with Crippen molar-refractivity contribution in [1.82, 2.24) is 23.9 Å². The van der Waals surface area contributed by atoms with Gasteiger partial charge in [0.2, 0.25) is 0 Å². The van der Waals surface area contributed by atoms with Crippen molar-refractivity contribution < 1.29 is 9.53 Å². The molecule has 2 aromatic heterocycles. The number of ketones is 1. The fourth-order valence-electron chi connectivity index (χ4n) is 3.13. The minimum Gasteiger partial charge on any atom is -0.486 e. The van der Waals surface area contributed by atoms with Gasteiger partial charge in [-0.15, -0.1) is 10.2 Å². The maximum absolute atomic E-state index is 12.9. The monoisotopic (exact) mass is 472 g/mol. The number of nitrogen functional groups attached to an aromatic ring is 1. The molecule has 10 nitrogen and oxygen atoms in total. The summed E-state index contributed by atoms with van der Waals surface area (Å²) in [6.07, 6.45) is 0.895. The highest BCUT2D eigenvalue weighted by molar-refractivity contribution is 7.99. The van der Waals surface area contributed by atoms with E-state index in [0.29, 0.717) is 23.4 Å². The minimum atomic E-state index is -0.709. The van der Waals surface area contributed by atoms with E-state index in [1.807, 2.05) is 34.9 Å². The first-order valence-electron chi connectivity index (χ1n) is 10.5. The Kier molecular flexibility index (Phi) is 7.75. The first-order valence-corrected chi connectivity index (χ1v) is 11.5. The third kappa shape index (κ3) is 5.54. The number of ether oxygens (including phenoxy) is 1. The molecular weight excluding hydrogens is 444 g/mol. The van der Waals surface area contributed by atoms with Crippen LogP contribution in [0.15, 0.2) is 45.1 Å². The first-order chi connectivity index (χ1) is 15.7. The van der Waals surface area contributed by atoms with Gasteiger partial charge in [0.25, 0.3) is 5.56 Å². The van der Waals surface area contributed by atoms with Gasteiger partial charge in [-0.1, -0.05) is 43.8 Å². The average Bonchev–Trinajstić information content (AvgIpc) is 3.19. The number of nitrogens with zero attached hydrogens (tertiary/aromatic N) is 5. The number of benzene rings is 1. The molecule has 11 heteroatoms. The predicted molar refractivity (Wildman–Crippen MR) is 127 cm³/mol. The van der Waals surface area contributed by atoms with Crippen molar-refractivity contribution in [2.75, 3.05) is 11.5 Å². The van der Waals surface area contributed by atoms with Gasteiger partial charge in [-0.05, 0) is 24.5 Å².